The number of fused-ring (bicyclic) bond motifs is 1. The first kappa shape index (κ1) is 28.6. The molecule has 2 heterocycles. The summed E-state index contributed by atoms with van der Waals surface area (Å²) in [6.07, 6.45) is 0. The second-order valence-electron chi connectivity index (χ2n) is 8.39. The standard InChI is InChI=1S/C25H25FN4O8S2/c1-29-9-10-30(18-8-6-5-7-17(18)29)40(34,35)20-12-15(14(26)11-19(20)36-2)27-25(33)28-16-13-39-22(24(32)38-4)21(16)23(31)37-3/h5-8,11-13H,9-10H2,1-4H3,(H2,27,28,33). The summed E-state index contributed by atoms with van der Waals surface area (Å²) in [5, 5.41) is 5.92. The van der Waals surface area contributed by atoms with Crippen LogP contribution in [0.2, 0.25) is 0 Å². The maximum Gasteiger partial charge on any atom is 0.349 e. The van der Waals surface area contributed by atoms with Gasteiger partial charge >= 0.3 is 18.0 Å². The number of halogens is 1. The molecule has 0 atom stereocenters. The number of amides is 2. The predicted octanol–water partition coefficient (Wildman–Crippen LogP) is 3.76. The number of carbonyl (C=O) groups excluding carboxylic acids is 3. The summed E-state index contributed by atoms with van der Waals surface area (Å²) in [6.45, 7) is 0.528. The molecule has 0 bridgehead atoms. The van der Waals surface area contributed by atoms with Crippen molar-refractivity contribution in [2.24, 2.45) is 0 Å². The molecule has 0 saturated heterocycles. The van der Waals surface area contributed by atoms with Gasteiger partial charge in [0.1, 0.15) is 21.1 Å². The van der Waals surface area contributed by atoms with Crippen molar-refractivity contribution in [2.45, 2.75) is 4.90 Å². The first-order valence-electron chi connectivity index (χ1n) is 11.6. The van der Waals surface area contributed by atoms with Gasteiger partial charge in [-0.25, -0.2) is 27.2 Å². The largest absolute Gasteiger partial charge is 0.495 e. The van der Waals surface area contributed by atoms with Crippen molar-refractivity contribution >= 4 is 62.1 Å². The van der Waals surface area contributed by atoms with E-state index in [0.29, 0.717) is 17.9 Å². The molecule has 12 nitrogen and oxygen atoms in total. The van der Waals surface area contributed by atoms with Crippen LogP contribution in [-0.4, -0.2) is 67.9 Å². The molecule has 0 fully saturated rings. The third kappa shape index (κ3) is 5.24. The number of rotatable bonds is 7. The van der Waals surface area contributed by atoms with Gasteiger partial charge in [-0.05, 0) is 18.2 Å². The summed E-state index contributed by atoms with van der Waals surface area (Å²) in [5.74, 6) is -2.96. The van der Waals surface area contributed by atoms with Crippen LogP contribution in [0, 0.1) is 5.82 Å². The number of thiophene rings is 1. The number of esters is 2. The summed E-state index contributed by atoms with van der Waals surface area (Å²) < 4.78 is 58.3. The van der Waals surface area contributed by atoms with Gasteiger partial charge in [0, 0.05) is 25.0 Å². The van der Waals surface area contributed by atoms with E-state index in [-0.39, 0.29) is 33.3 Å². The summed E-state index contributed by atoms with van der Waals surface area (Å²) in [4.78, 5) is 38.6. The van der Waals surface area contributed by atoms with Crippen LogP contribution in [0.15, 0.2) is 46.7 Å². The minimum absolute atomic E-state index is 0.0921. The van der Waals surface area contributed by atoms with Gasteiger partial charge in [-0.15, -0.1) is 11.3 Å². The van der Waals surface area contributed by atoms with E-state index in [4.69, 9.17) is 9.47 Å². The van der Waals surface area contributed by atoms with Crippen LogP contribution in [0.5, 0.6) is 5.75 Å². The Bertz CT molecular complexity index is 1590. The Kier molecular flexibility index (Phi) is 8.16. The fourth-order valence-corrected chi connectivity index (χ4v) is 6.65. The monoisotopic (exact) mass is 592 g/mol. The van der Waals surface area contributed by atoms with Crippen LogP contribution in [0.3, 0.4) is 0 Å². The Morgan fingerprint density at radius 2 is 1.60 bits per heavy atom. The van der Waals surface area contributed by atoms with E-state index in [9.17, 15) is 27.2 Å². The van der Waals surface area contributed by atoms with Gasteiger partial charge < -0.3 is 29.7 Å². The quantitative estimate of drug-likeness (QED) is 0.392. The molecular formula is C25H25FN4O8S2. The molecule has 0 aliphatic carbocycles. The molecule has 2 amide bonds. The molecule has 15 heteroatoms. The lowest BCUT2D eigenvalue weighted by Crippen LogP contribution is -2.42. The number of sulfonamides is 1. The highest BCUT2D eigenvalue weighted by Gasteiger charge is 2.34. The Morgan fingerprint density at radius 1 is 0.950 bits per heavy atom. The lowest BCUT2D eigenvalue weighted by Gasteiger charge is -2.36. The topological polar surface area (TPSA) is 144 Å². The molecule has 1 aliphatic heterocycles. The van der Waals surface area contributed by atoms with Crippen LogP contribution >= 0.6 is 11.3 Å². The normalized spacial score (nSPS) is 12.8. The number of carbonyl (C=O) groups is 3. The molecule has 4 rings (SSSR count). The summed E-state index contributed by atoms with van der Waals surface area (Å²) >= 11 is 0.828. The highest BCUT2D eigenvalue weighted by atomic mass is 32.2. The summed E-state index contributed by atoms with van der Waals surface area (Å²) in [6, 6.07) is 7.73. The first-order chi connectivity index (χ1) is 19.0. The van der Waals surface area contributed by atoms with Crippen LogP contribution in [0.1, 0.15) is 20.0 Å². The summed E-state index contributed by atoms with van der Waals surface area (Å²) in [7, 11) is 0.995. The number of anilines is 4. The minimum Gasteiger partial charge on any atom is -0.495 e. The maximum atomic E-state index is 15.0. The average molecular weight is 593 g/mol. The second kappa shape index (κ2) is 11.4. The minimum atomic E-state index is -4.27. The van der Waals surface area contributed by atoms with Crippen molar-refractivity contribution in [1.82, 2.24) is 0 Å². The fourth-order valence-electron chi connectivity index (χ4n) is 4.11. The van der Waals surface area contributed by atoms with Crippen molar-refractivity contribution < 1.29 is 41.4 Å². The molecule has 3 aromatic rings. The number of hydrogen-bond acceptors (Lipinski definition) is 10. The van der Waals surface area contributed by atoms with E-state index < -0.39 is 39.5 Å². The Morgan fingerprint density at radius 3 is 2.25 bits per heavy atom. The molecule has 0 unspecified atom stereocenters. The van der Waals surface area contributed by atoms with Gasteiger partial charge in [-0.2, -0.15) is 0 Å². The average Bonchev–Trinajstić information content (AvgIpc) is 3.36. The van der Waals surface area contributed by atoms with Gasteiger partial charge in [0.2, 0.25) is 0 Å². The zero-order valence-electron chi connectivity index (χ0n) is 21.8. The Hall–Kier alpha value is -4.37. The number of nitrogens with zero attached hydrogens (tertiary/aromatic N) is 2. The number of methoxy groups -OCH3 is 3. The number of likely N-dealkylation sites (N-methyl/N-ethyl adjacent to an activating group) is 1. The lowest BCUT2D eigenvalue weighted by molar-refractivity contribution is 0.0561. The molecule has 40 heavy (non-hydrogen) atoms. The van der Waals surface area contributed by atoms with Crippen LogP contribution in [0.25, 0.3) is 0 Å². The highest BCUT2D eigenvalue weighted by Crippen LogP contribution is 2.39. The molecule has 2 N–H and O–H groups in total. The molecular weight excluding hydrogens is 567 g/mol. The van der Waals surface area contributed by atoms with Crippen molar-refractivity contribution in [3.63, 3.8) is 0 Å². The predicted molar refractivity (Wildman–Crippen MR) is 147 cm³/mol. The first-order valence-corrected chi connectivity index (χ1v) is 13.9. The van der Waals surface area contributed by atoms with Gasteiger partial charge in [-0.1, -0.05) is 12.1 Å². The Balaban J connectivity index is 1.67. The van der Waals surface area contributed by atoms with E-state index in [1.54, 1.807) is 24.3 Å². The van der Waals surface area contributed by atoms with E-state index in [1.807, 2.05) is 11.9 Å². The maximum absolute atomic E-state index is 15.0. The van der Waals surface area contributed by atoms with Crippen molar-refractivity contribution in [1.29, 1.82) is 0 Å². The Labute approximate surface area is 233 Å². The zero-order valence-corrected chi connectivity index (χ0v) is 23.4. The third-order valence-electron chi connectivity index (χ3n) is 6.07. The van der Waals surface area contributed by atoms with Gasteiger partial charge in [-0.3, -0.25) is 4.31 Å². The van der Waals surface area contributed by atoms with E-state index in [1.165, 1.54) is 16.8 Å². The van der Waals surface area contributed by atoms with E-state index >= 15 is 0 Å². The SMILES string of the molecule is COC(=O)c1scc(NC(=O)Nc2cc(S(=O)(=O)N3CCN(C)c4ccccc43)c(OC)cc2F)c1C(=O)OC. The lowest BCUT2D eigenvalue weighted by atomic mass is 10.2. The van der Waals surface area contributed by atoms with Gasteiger partial charge in [0.25, 0.3) is 10.0 Å². The van der Waals surface area contributed by atoms with Gasteiger partial charge in [0.05, 0.1) is 50.6 Å². The van der Waals surface area contributed by atoms with Gasteiger partial charge in [0.15, 0.2) is 5.82 Å². The highest BCUT2D eigenvalue weighted by molar-refractivity contribution is 7.93. The number of hydrogen-bond donors (Lipinski definition) is 2. The van der Waals surface area contributed by atoms with E-state index in [2.05, 4.69) is 15.4 Å². The number of benzene rings is 2. The molecule has 0 spiro atoms. The number of nitrogens with one attached hydrogen (secondary N) is 2. The number of ether oxygens (including phenoxy) is 3. The molecule has 2 aromatic carbocycles. The number of urea groups is 1. The number of para-hydroxylation sites is 2. The third-order valence-corrected chi connectivity index (χ3v) is 8.86. The van der Waals surface area contributed by atoms with Crippen molar-refractivity contribution in [3.8, 4) is 5.75 Å². The van der Waals surface area contributed by atoms with Crippen molar-refractivity contribution in [3.05, 3.63) is 58.0 Å². The summed E-state index contributed by atoms with van der Waals surface area (Å²) in [5.41, 5.74) is 0.318. The van der Waals surface area contributed by atoms with Crippen molar-refractivity contribution in [2.75, 3.05) is 61.3 Å². The molecule has 0 saturated carbocycles. The molecule has 1 aromatic heterocycles. The smallest absolute Gasteiger partial charge is 0.349 e. The molecule has 1 aliphatic rings. The zero-order chi connectivity index (χ0) is 29.2. The van der Waals surface area contributed by atoms with Crippen LogP contribution in [-0.2, 0) is 19.5 Å². The fraction of sp³-hybridized carbons (Fsp3) is 0.240. The molecule has 0 radical (unpaired) electrons. The second-order valence-corrected chi connectivity index (χ2v) is 11.1. The van der Waals surface area contributed by atoms with Crippen LogP contribution in [0.4, 0.5) is 31.9 Å². The van der Waals surface area contributed by atoms with Crippen LogP contribution < -0.4 is 24.6 Å². The molecule has 212 valence electrons. The van der Waals surface area contributed by atoms with E-state index in [0.717, 1.165) is 37.7 Å².